The predicted octanol–water partition coefficient (Wildman–Crippen LogP) is 2.62. The van der Waals surface area contributed by atoms with E-state index in [1.807, 2.05) is 0 Å². The minimum atomic E-state index is 0.170. The number of carbonyl (C=O) groups is 1. The maximum absolute atomic E-state index is 11.6. The lowest BCUT2D eigenvalue weighted by Crippen LogP contribution is -2.30. The number of nitrogens with one attached hydrogen (secondary N) is 2. The van der Waals surface area contributed by atoms with E-state index < -0.39 is 0 Å². The number of rotatable bonds is 6. The van der Waals surface area contributed by atoms with Crippen LogP contribution in [0.2, 0.25) is 0 Å². The second kappa shape index (κ2) is 6.20. The fraction of sp³-hybridized carbons (Fsp3) is 0.562. The fourth-order valence-corrected chi connectivity index (χ4v) is 2.27. The van der Waals surface area contributed by atoms with E-state index in [-0.39, 0.29) is 11.9 Å². The van der Waals surface area contributed by atoms with Gasteiger partial charge in [-0.05, 0) is 44.7 Å². The molecule has 0 radical (unpaired) electrons. The van der Waals surface area contributed by atoms with Gasteiger partial charge in [-0.15, -0.1) is 0 Å². The first kappa shape index (κ1) is 14.1. The molecule has 2 N–H and O–H groups in total. The van der Waals surface area contributed by atoms with E-state index in [1.54, 1.807) is 0 Å². The number of benzene rings is 1. The number of aryl methyl sites for hydroxylation is 2. The highest BCUT2D eigenvalue weighted by atomic mass is 16.1. The van der Waals surface area contributed by atoms with E-state index in [9.17, 15) is 4.79 Å². The molecule has 0 aromatic heterocycles. The summed E-state index contributed by atoms with van der Waals surface area (Å²) in [5.74, 6) is 0.170. The number of hydrogen-bond acceptors (Lipinski definition) is 2. The number of hydrogen-bond donors (Lipinski definition) is 2. The monoisotopic (exact) mass is 260 g/mol. The lowest BCUT2D eigenvalue weighted by atomic mass is 10.00. The maximum Gasteiger partial charge on any atom is 0.221 e. The highest BCUT2D eigenvalue weighted by molar-refractivity contribution is 5.76. The predicted molar refractivity (Wildman–Crippen MR) is 78.1 cm³/mol. The van der Waals surface area contributed by atoms with Crippen LogP contribution in [0.1, 0.15) is 48.9 Å². The third-order valence-electron chi connectivity index (χ3n) is 3.65. The standard InChI is InChI=1S/C16H24N2O/c1-11-4-5-12(2)15(10-11)13(3)17-9-8-16(19)18-14-6-7-14/h4-5,10,13-14,17H,6-9H2,1-3H3,(H,18,19). The Morgan fingerprint density at radius 3 is 2.79 bits per heavy atom. The van der Waals surface area contributed by atoms with Crippen LogP contribution >= 0.6 is 0 Å². The molecule has 1 unspecified atom stereocenters. The summed E-state index contributed by atoms with van der Waals surface area (Å²) in [6.07, 6.45) is 2.86. The van der Waals surface area contributed by atoms with Crippen LogP contribution in [0, 0.1) is 13.8 Å². The molecular weight excluding hydrogens is 236 g/mol. The van der Waals surface area contributed by atoms with Crippen molar-refractivity contribution in [3.63, 3.8) is 0 Å². The van der Waals surface area contributed by atoms with Gasteiger partial charge in [0, 0.05) is 25.0 Å². The molecular formula is C16H24N2O. The smallest absolute Gasteiger partial charge is 0.221 e. The Kier molecular flexibility index (Phi) is 4.59. The molecule has 3 nitrogen and oxygen atoms in total. The van der Waals surface area contributed by atoms with E-state index in [1.165, 1.54) is 16.7 Å². The van der Waals surface area contributed by atoms with Crippen molar-refractivity contribution in [2.45, 2.75) is 52.1 Å². The van der Waals surface area contributed by atoms with E-state index in [2.05, 4.69) is 49.6 Å². The van der Waals surface area contributed by atoms with Crippen molar-refractivity contribution in [3.05, 3.63) is 34.9 Å². The first-order valence-electron chi connectivity index (χ1n) is 7.16. The van der Waals surface area contributed by atoms with E-state index in [0.29, 0.717) is 12.5 Å². The van der Waals surface area contributed by atoms with Crippen molar-refractivity contribution < 1.29 is 4.79 Å². The number of amides is 1. The molecule has 104 valence electrons. The van der Waals surface area contributed by atoms with E-state index in [0.717, 1.165) is 19.4 Å². The zero-order valence-electron chi connectivity index (χ0n) is 12.1. The van der Waals surface area contributed by atoms with Gasteiger partial charge in [0.2, 0.25) is 5.91 Å². The molecule has 1 aliphatic carbocycles. The van der Waals surface area contributed by atoms with Crippen LogP contribution in [0.15, 0.2) is 18.2 Å². The Morgan fingerprint density at radius 1 is 1.37 bits per heavy atom. The van der Waals surface area contributed by atoms with Gasteiger partial charge in [0.1, 0.15) is 0 Å². The van der Waals surface area contributed by atoms with Crippen molar-refractivity contribution in [3.8, 4) is 0 Å². The Hall–Kier alpha value is -1.35. The maximum atomic E-state index is 11.6. The lowest BCUT2D eigenvalue weighted by molar-refractivity contribution is -0.121. The van der Waals surface area contributed by atoms with Crippen LogP contribution in [-0.4, -0.2) is 18.5 Å². The Bertz CT molecular complexity index is 452. The molecule has 0 saturated heterocycles. The molecule has 0 heterocycles. The zero-order chi connectivity index (χ0) is 13.8. The van der Waals surface area contributed by atoms with Crippen LogP contribution < -0.4 is 10.6 Å². The molecule has 0 bridgehead atoms. The van der Waals surface area contributed by atoms with Crippen LogP contribution in [0.25, 0.3) is 0 Å². The second-order valence-electron chi connectivity index (χ2n) is 5.63. The Morgan fingerprint density at radius 2 is 2.11 bits per heavy atom. The summed E-state index contributed by atoms with van der Waals surface area (Å²) in [5, 5.41) is 6.44. The molecule has 1 saturated carbocycles. The molecule has 1 aromatic carbocycles. The molecule has 1 amide bonds. The van der Waals surface area contributed by atoms with Gasteiger partial charge in [-0.1, -0.05) is 23.8 Å². The van der Waals surface area contributed by atoms with E-state index >= 15 is 0 Å². The number of carbonyl (C=O) groups excluding carboxylic acids is 1. The van der Waals surface area contributed by atoms with Gasteiger partial charge in [0.25, 0.3) is 0 Å². The summed E-state index contributed by atoms with van der Waals surface area (Å²) in [4.78, 5) is 11.6. The molecule has 0 aliphatic heterocycles. The molecule has 3 heteroatoms. The van der Waals surface area contributed by atoms with Crippen molar-refractivity contribution in [2.24, 2.45) is 0 Å². The van der Waals surface area contributed by atoms with Gasteiger partial charge in [-0.25, -0.2) is 0 Å². The van der Waals surface area contributed by atoms with E-state index in [4.69, 9.17) is 0 Å². The zero-order valence-corrected chi connectivity index (χ0v) is 12.1. The molecule has 19 heavy (non-hydrogen) atoms. The average Bonchev–Trinajstić information content (AvgIpc) is 3.16. The van der Waals surface area contributed by atoms with Gasteiger partial charge in [-0.2, -0.15) is 0 Å². The van der Waals surface area contributed by atoms with Crippen molar-refractivity contribution in [2.75, 3.05) is 6.54 Å². The molecule has 1 fully saturated rings. The Balaban J connectivity index is 1.78. The van der Waals surface area contributed by atoms with Gasteiger partial charge in [0.05, 0.1) is 0 Å². The van der Waals surface area contributed by atoms with Crippen LogP contribution in [0.5, 0.6) is 0 Å². The van der Waals surface area contributed by atoms with Crippen molar-refractivity contribution in [1.29, 1.82) is 0 Å². The first-order chi connectivity index (χ1) is 9.06. The van der Waals surface area contributed by atoms with Crippen molar-refractivity contribution in [1.82, 2.24) is 10.6 Å². The summed E-state index contributed by atoms with van der Waals surface area (Å²) >= 11 is 0. The first-order valence-corrected chi connectivity index (χ1v) is 7.16. The van der Waals surface area contributed by atoms with Gasteiger partial charge >= 0.3 is 0 Å². The minimum Gasteiger partial charge on any atom is -0.353 e. The largest absolute Gasteiger partial charge is 0.353 e. The quantitative estimate of drug-likeness (QED) is 0.825. The summed E-state index contributed by atoms with van der Waals surface area (Å²) in [6.45, 7) is 7.12. The molecule has 1 atom stereocenters. The summed E-state index contributed by atoms with van der Waals surface area (Å²) in [6, 6.07) is 7.26. The molecule has 0 spiro atoms. The molecule has 1 aromatic rings. The van der Waals surface area contributed by atoms with Gasteiger partial charge in [-0.3, -0.25) is 4.79 Å². The third-order valence-corrected chi connectivity index (χ3v) is 3.65. The lowest BCUT2D eigenvalue weighted by Gasteiger charge is -2.17. The third kappa shape index (κ3) is 4.35. The summed E-state index contributed by atoms with van der Waals surface area (Å²) in [7, 11) is 0. The Labute approximate surface area is 115 Å². The van der Waals surface area contributed by atoms with Gasteiger partial charge in [0.15, 0.2) is 0 Å². The molecule has 1 aliphatic rings. The topological polar surface area (TPSA) is 41.1 Å². The summed E-state index contributed by atoms with van der Waals surface area (Å²) < 4.78 is 0. The second-order valence-corrected chi connectivity index (χ2v) is 5.63. The fourth-order valence-electron chi connectivity index (χ4n) is 2.27. The highest BCUT2D eigenvalue weighted by Crippen LogP contribution is 2.19. The van der Waals surface area contributed by atoms with Gasteiger partial charge < -0.3 is 10.6 Å². The summed E-state index contributed by atoms with van der Waals surface area (Å²) in [5.41, 5.74) is 3.90. The normalized spacial score (nSPS) is 16.2. The SMILES string of the molecule is Cc1ccc(C)c(C(C)NCCC(=O)NC2CC2)c1. The molecule has 2 rings (SSSR count). The van der Waals surface area contributed by atoms with Crippen molar-refractivity contribution >= 4 is 5.91 Å². The highest BCUT2D eigenvalue weighted by Gasteiger charge is 2.22. The average molecular weight is 260 g/mol. The minimum absolute atomic E-state index is 0.170. The van der Waals surface area contributed by atoms with Crippen LogP contribution in [-0.2, 0) is 4.79 Å². The van der Waals surface area contributed by atoms with Crippen LogP contribution in [0.4, 0.5) is 0 Å². The van der Waals surface area contributed by atoms with Crippen LogP contribution in [0.3, 0.4) is 0 Å².